The Bertz CT molecular complexity index is 285. The van der Waals surface area contributed by atoms with E-state index < -0.39 is 0 Å². The van der Waals surface area contributed by atoms with Crippen molar-refractivity contribution in [1.82, 2.24) is 9.97 Å². The number of nitrogens with two attached hydrogens (primary N) is 1. The molecule has 1 fully saturated rings. The standard InChI is InChI=1S/C9H15N3O/c1-2-7-3-11-8(12-7)9(4-10)5-13-6-9/h3H,2,4-6,10H2,1H3,(H,11,12). The Hall–Kier alpha value is -0.870. The van der Waals surface area contributed by atoms with Crippen LogP contribution in [-0.2, 0) is 16.6 Å². The number of aromatic amines is 1. The number of rotatable bonds is 3. The van der Waals surface area contributed by atoms with Gasteiger partial charge in [-0.25, -0.2) is 4.98 Å². The highest BCUT2D eigenvalue weighted by atomic mass is 16.5. The molecule has 0 aliphatic carbocycles. The van der Waals surface area contributed by atoms with Crippen molar-refractivity contribution in [3.05, 3.63) is 17.7 Å². The van der Waals surface area contributed by atoms with E-state index in [9.17, 15) is 0 Å². The first kappa shape index (κ1) is 8.72. The number of H-pyrrole nitrogens is 1. The summed E-state index contributed by atoms with van der Waals surface area (Å²) in [6.07, 6.45) is 2.86. The molecule has 4 heteroatoms. The minimum Gasteiger partial charge on any atom is -0.379 e. The summed E-state index contributed by atoms with van der Waals surface area (Å²) in [6, 6.07) is 0. The van der Waals surface area contributed by atoms with E-state index in [0.717, 1.165) is 17.9 Å². The molecular weight excluding hydrogens is 166 g/mol. The van der Waals surface area contributed by atoms with Gasteiger partial charge in [-0.1, -0.05) is 6.92 Å². The van der Waals surface area contributed by atoms with Crippen molar-refractivity contribution in [1.29, 1.82) is 0 Å². The Morgan fingerprint density at radius 2 is 2.46 bits per heavy atom. The van der Waals surface area contributed by atoms with E-state index in [1.165, 1.54) is 0 Å². The van der Waals surface area contributed by atoms with Crippen molar-refractivity contribution in [2.45, 2.75) is 18.8 Å². The second kappa shape index (κ2) is 3.12. The molecule has 1 aliphatic heterocycles. The van der Waals surface area contributed by atoms with Crippen molar-refractivity contribution < 1.29 is 4.74 Å². The quantitative estimate of drug-likeness (QED) is 0.700. The van der Waals surface area contributed by atoms with Gasteiger partial charge in [-0.15, -0.1) is 0 Å². The average Bonchev–Trinajstić information content (AvgIpc) is 2.52. The maximum Gasteiger partial charge on any atom is 0.118 e. The summed E-state index contributed by atoms with van der Waals surface area (Å²) in [7, 11) is 0. The zero-order valence-corrected chi connectivity index (χ0v) is 7.84. The van der Waals surface area contributed by atoms with Crippen molar-refractivity contribution in [2.75, 3.05) is 19.8 Å². The summed E-state index contributed by atoms with van der Waals surface area (Å²) in [6.45, 7) is 4.09. The predicted molar refractivity (Wildman–Crippen MR) is 49.5 cm³/mol. The first-order valence-electron chi connectivity index (χ1n) is 4.63. The zero-order chi connectivity index (χ0) is 9.31. The van der Waals surface area contributed by atoms with Gasteiger partial charge in [-0.05, 0) is 6.42 Å². The van der Waals surface area contributed by atoms with Crippen molar-refractivity contribution in [3.63, 3.8) is 0 Å². The molecule has 0 spiro atoms. The van der Waals surface area contributed by atoms with Gasteiger partial charge in [0.25, 0.3) is 0 Å². The lowest BCUT2D eigenvalue weighted by Gasteiger charge is -2.38. The van der Waals surface area contributed by atoms with Crippen LogP contribution in [0.15, 0.2) is 6.20 Å². The fourth-order valence-corrected chi connectivity index (χ4v) is 1.51. The molecule has 0 bridgehead atoms. The molecule has 1 saturated heterocycles. The van der Waals surface area contributed by atoms with Crippen molar-refractivity contribution in [2.24, 2.45) is 5.73 Å². The fourth-order valence-electron chi connectivity index (χ4n) is 1.51. The van der Waals surface area contributed by atoms with Crippen molar-refractivity contribution >= 4 is 0 Å². The largest absolute Gasteiger partial charge is 0.379 e. The van der Waals surface area contributed by atoms with Gasteiger partial charge >= 0.3 is 0 Å². The maximum atomic E-state index is 5.71. The number of aryl methyl sites for hydroxylation is 1. The molecule has 2 rings (SSSR count). The van der Waals surface area contributed by atoms with Gasteiger partial charge < -0.3 is 15.5 Å². The number of hydrogen-bond acceptors (Lipinski definition) is 3. The molecule has 2 heterocycles. The van der Waals surface area contributed by atoms with Crippen LogP contribution in [0.1, 0.15) is 18.4 Å². The van der Waals surface area contributed by atoms with Crippen molar-refractivity contribution in [3.8, 4) is 0 Å². The maximum absolute atomic E-state index is 5.71. The second-order valence-corrected chi connectivity index (χ2v) is 3.59. The lowest BCUT2D eigenvalue weighted by molar-refractivity contribution is -0.0590. The van der Waals surface area contributed by atoms with Gasteiger partial charge in [0.15, 0.2) is 0 Å². The first-order valence-corrected chi connectivity index (χ1v) is 4.63. The van der Waals surface area contributed by atoms with E-state index in [1.54, 1.807) is 0 Å². The number of nitrogens with zero attached hydrogens (tertiary/aromatic N) is 1. The summed E-state index contributed by atoms with van der Waals surface area (Å²) >= 11 is 0. The SMILES string of the molecule is CCc1cnc(C2(CN)COC2)[nH]1. The monoisotopic (exact) mass is 181 g/mol. The smallest absolute Gasteiger partial charge is 0.118 e. The highest BCUT2D eigenvalue weighted by molar-refractivity contribution is 5.16. The minimum absolute atomic E-state index is 0.0343. The van der Waals surface area contributed by atoms with Crippen LogP contribution < -0.4 is 5.73 Å². The third kappa shape index (κ3) is 1.26. The molecule has 4 nitrogen and oxygen atoms in total. The van der Waals surface area contributed by atoms with Gasteiger partial charge in [-0.2, -0.15) is 0 Å². The molecule has 1 aromatic rings. The minimum atomic E-state index is -0.0343. The van der Waals surface area contributed by atoms with Gasteiger partial charge in [-0.3, -0.25) is 0 Å². The Morgan fingerprint density at radius 3 is 2.85 bits per heavy atom. The molecule has 0 amide bonds. The summed E-state index contributed by atoms with van der Waals surface area (Å²) in [4.78, 5) is 7.62. The Morgan fingerprint density at radius 1 is 1.69 bits per heavy atom. The lowest BCUT2D eigenvalue weighted by atomic mass is 9.85. The Kier molecular flexibility index (Phi) is 2.09. The highest BCUT2D eigenvalue weighted by Gasteiger charge is 2.41. The third-order valence-corrected chi connectivity index (χ3v) is 2.66. The number of aromatic nitrogens is 2. The summed E-state index contributed by atoms with van der Waals surface area (Å²) in [5.41, 5.74) is 6.84. The molecule has 1 aromatic heterocycles. The number of ether oxygens (including phenoxy) is 1. The van der Waals surface area contributed by atoms with E-state index in [-0.39, 0.29) is 5.41 Å². The van der Waals surface area contributed by atoms with Crippen LogP contribution in [0.3, 0.4) is 0 Å². The third-order valence-electron chi connectivity index (χ3n) is 2.66. The van der Waals surface area contributed by atoms with Crippen LogP contribution in [0.2, 0.25) is 0 Å². The molecular formula is C9H15N3O. The summed E-state index contributed by atoms with van der Waals surface area (Å²) < 4.78 is 5.19. The molecule has 0 atom stereocenters. The number of imidazole rings is 1. The molecule has 72 valence electrons. The fraction of sp³-hybridized carbons (Fsp3) is 0.667. The van der Waals surface area contributed by atoms with Crippen LogP contribution in [0.4, 0.5) is 0 Å². The number of nitrogens with one attached hydrogen (secondary N) is 1. The van der Waals surface area contributed by atoms with Crippen LogP contribution in [0.25, 0.3) is 0 Å². The predicted octanol–water partition coefficient (Wildman–Crippen LogP) is 0.199. The van der Waals surface area contributed by atoms with E-state index in [2.05, 4.69) is 16.9 Å². The molecule has 0 saturated carbocycles. The molecule has 13 heavy (non-hydrogen) atoms. The zero-order valence-electron chi connectivity index (χ0n) is 7.84. The lowest BCUT2D eigenvalue weighted by Crippen LogP contribution is -2.52. The first-order chi connectivity index (χ1) is 6.30. The van der Waals surface area contributed by atoms with Gasteiger partial charge in [0.1, 0.15) is 5.82 Å². The molecule has 3 N–H and O–H groups in total. The average molecular weight is 181 g/mol. The molecule has 0 unspecified atom stereocenters. The van der Waals surface area contributed by atoms with E-state index in [4.69, 9.17) is 10.5 Å². The summed E-state index contributed by atoms with van der Waals surface area (Å²) in [5.74, 6) is 0.984. The molecule has 0 radical (unpaired) electrons. The van der Waals surface area contributed by atoms with E-state index in [1.807, 2.05) is 6.20 Å². The molecule has 0 aromatic carbocycles. The second-order valence-electron chi connectivity index (χ2n) is 3.59. The van der Waals surface area contributed by atoms with Gasteiger partial charge in [0.05, 0.1) is 18.6 Å². The topological polar surface area (TPSA) is 63.9 Å². The normalized spacial score (nSPS) is 19.8. The number of hydrogen-bond donors (Lipinski definition) is 2. The summed E-state index contributed by atoms with van der Waals surface area (Å²) in [5, 5.41) is 0. The van der Waals surface area contributed by atoms with E-state index >= 15 is 0 Å². The Labute approximate surface area is 77.5 Å². The van der Waals surface area contributed by atoms with Gasteiger partial charge in [0, 0.05) is 18.4 Å². The highest BCUT2D eigenvalue weighted by Crippen LogP contribution is 2.28. The van der Waals surface area contributed by atoms with E-state index in [0.29, 0.717) is 19.8 Å². The Balaban J connectivity index is 2.23. The van der Waals surface area contributed by atoms with Gasteiger partial charge in [0.2, 0.25) is 0 Å². The van der Waals surface area contributed by atoms with Crippen LogP contribution >= 0.6 is 0 Å². The van der Waals surface area contributed by atoms with Crippen LogP contribution in [0.5, 0.6) is 0 Å². The van der Waals surface area contributed by atoms with Crippen LogP contribution in [0, 0.1) is 0 Å². The van der Waals surface area contributed by atoms with Crippen LogP contribution in [-0.4, -0.2) is 29.7 Å². The molecule has 1 aliphatic rings.